The predicted molar refractivity (Wildman–Crippen MR) is 87.7 cm³/mol. The molecule has 1 aromatic rings. The number of carboxylic acid groups (broad SMARTS) is 1. The van der Waals surface area contributed by atoms with Gasteiger partial charge in [-0.2, -0.15) is 5.10 Å². The minimum atomic E-state index is -1.28. The average molecular weight is 322 g/mol. The van der Waals surface area contributed by atoms with E-state index < -0.39 is 12.6 Å². The van der Waals surface area contributed by atoms with Crippen LogP contribution in [0.15, 0.2) is 29.4 Å². The Balaban J connectivity index is 2.48. The Bertz CT molecular complexity index is 533. The van der Waals surface area contributed by atoms with Gasteiger partial charge in [0.05, 0.1) is 12.2 Å². The molecule has 0 fully saturated rings. The summed E-state index contributed by atoms with van der Waals surface area (Å²) in [4.78, 5) is 10.4. The molecule has 0 spiro atoms. The van der Waals surface area contributed by atoms with Crippen LogP contribution in [0.1, 0.15) is 25.8 Å². The summed E-state index contributed by atoms with van der Waals surface area (Å²) in [5.41, 5.74) is 3.34. The second-order valence-electron chi connectivity index (χ2n) is 5.01. The molecule has 0 amide bonds. The number of nitrogens with zero attached hydrogens (tertiary/aromatic N) is 1. The van der Waals surface area contributed by atoms with E-state index in [1.54, 1.807) is 24.3 Å². The van der Waals surface area contributed by atoms with E-state index in [1.165, 1.54) is 6.21 Å². The molecule has 0 aliphatic rings. The Kier molecular flexibility index (Phi) is 7.91. The summed E-state index contributed by atoms with van der Waals surface area (Å²) in [7, 11) is 0. The third kappa shape index (κ3) is 7.58. The molecule has 0 heterocycles. The average Bonchev–Trinajstić information content (AvgIpc) is 2.45. The number of carbonyl (C=O) groups excluding carboxylic acids is 1. The molecule has 120 valence electrons. The number of carboxylic acids is 1. The third-order valence-electron chi connectivity index (χ3n) is 2.64. The van der Waals surface area contributed by atoms with Gasteiger partial charge < -0.3 is 20.0 Å². The van der Waals surface area contributed by atoms with Crippen LogP contribution in [-0.2, 0) is 4.79 Å². The molecule has 0 radical (unpaired) electrons. The highest BCUT2D eigenvalue weighted by molar-refractivity contribution is 7.80. The maximum Gasteiger partial charge on any atom is 0.186 e. The zero-order valence-electron chi connectivity index (χ0n) is 12.7. The first-order valence-corrected chi connectivity index (χ1v) is 7.38. The van der Waals surface area contributed by atoms with Crippen LogP contribution in [0.2, 0.25) is 0 Å². The van der Waals surface area contributed by atoms with Crippen LogP contribution in [0.25, 0.3) is 0 Å². The number of hydrogen-bond donors (Lipinski definition) is 2. The van der Waals surface area contributed by atoms with Gasteiger partial charge in [-0.15, -0.1) is 0 Å². The molecule has 0 atom stereocenters. The van der Waals surface area contributed by atoms with Gasteiger partial charge in [0.15, 0.2) is 5.11 Å². The zero-order valence-corrected chi connectivity index (χ0v) is 13.5. The highest BCUT2D eigenvalue weighted by Crippen LogP contribution is 2.15. The fraction of sp³-hybridized carbons (Fsp3) is 0.400. The molecule has 2 N–H and O–H groups in total. The monoisotopic (exact) mass is 322 g/mol. The number of hydrazone groups is 1. The van der Waals surface area contributed by atoms with Crippen molar-refractivity contribution in [1.29, 1.82) is 0 Å². The van der Waals surface area contributed by atoms with Gasteiger partial charge in [0.2, 0.25) is 0 Å². The number of benzene rings is 1. The van der Waals surface area contributed by atoms with Crippen molar-refractivity contribution in [2.24, 2.45) is 11.0 Å². The first kappa shape index (κ1) is 17.9. The van der Waals surface area contributed by atoms with Crippen molar-refractivity contribution in [3.05, 3.63) is 29.8 Å². The molecule has 22 heavy (non-hydrogen) atoms. The van der Waals surface area contributed by atoms with Gasteiger partial charge >= 0.3 is 0 Å². The molecule has 0 aliphatic heterocycles. The summed E-state index contributed by atoms with van der Waals surface area (Å²) in [6.45, 7) is 4.55. The van der Waals surface area contributed by atoms with E-state index in [-0.39, 0.29) is 0 Å². The number of ether oxygens (including phenoxy) is 1. The third-order valence-corrected chi connectivity index (χ3v) is 2.88. The fourth-order valence-corrected chi connectivity index (χ4v) is 1.68. The Labute approximate surface area is 135 Å². The van der Waals surface area contributed by atoms with Crippen molar-refractivity contribution < 1.29 is 14.6 Å². The second-order valence-corrected chi connectivity index (χ2v) is 5.42. The van der Waals surface area contributed by atoms with Crippen LogP contribution in [0.5, 0.6) is 5.75 Å². The van der Waals surface area contributed by atoms with Crippen molar-refractivity contribution in [1.82, 2.24) is 10.7 Å². The van der Waals surface area contributed by atoms with Crippen LogP contribution in [0.3, 0.4) is 0 Å². The van der Waals surface area contributed by atoms with E-state index in [4.69, 9.17) is 17.0 Å². The highest BCUT2D eigenvalue weighted by Gasteiger charge is 2.01. The molecular formula is C15H20N3O3S-. The number of aliphatic carboxylic acids is 1. The number of rotatable bonds is 8. The lowest BCUT2D eigenvalue weighted by Gasteiger charge is -2.10. The summed E-state index contributed by atoms with van der Waals surface area (Å²) in [5, 5.41) is 17.9. The minimum Gasteiger partial charge on any atom is -0.546 e. The normalized spacial score (nSPS) is 10.7. The maximum atomic E-state index is 10.4. The van der Waals surface area contributed by atoms with Gasteiger partial charge in [0, 0.05) is 12.1 Å². The number of nitrogens with one attached hydrogen (secondary N) is 2. The SMILES string of the molecule is CC(C)CCNC(=S)N/N=C\c1ccccc1OCC(=O)[O-]. The number of para-hydroxylation sites is 1. The van der Waals surface area contributed by atoms with Crippen molar-refractivity contribution in [3.63, 3.8) is 0 Å². The molecule has 0 saturated carbocycles. The molecule has 0 aromatic heterocycles. The van der Waals surface area contributed by atoms with Gasteiger partial charge in [-0.1, -0.05) is 26.0 Å². The van der Waals surface area contributed by atoms with Crippen LogP contribution >= 0.6 is 12.2 Å². The first-order valence-electron chi connectivity index (χ1n) is 6.97. The Morgan fingerprint density at radius 2 is 2.18 bits per heavy atom. The summed E-state index contributed by atoms with van der Waals surface area (Å²) >= 11 is 5.09. The summed E-state index contributed by atoms with van der Waals surface area (Å²) in [5.74, 6) is -0.261. The van der Waals surface area contributed by atoms with E-state index in [9.17, 15) is 9.90 Å². The van der Waals surface area contributed by atoms with Crippen molar-refractivity contribution in [2.45, 2.75) is 20.3 Å². The molecule has 1 aromatic carbocycles. The quantitative estimate of drug-likeness (QED) is 0.415. The van der Waals surface area contributed by atoms with Crippen LogP contribution in [-0.4, -0.2) is 30.4 Å². The summed E-state index contributed by atoms with van der Waals surface area (Å²) in [6.07, 6.45) is 2.53. The fourth-order valence-electron chi connectivity index (χ4n) is 1.53. The molecule has 0 unspecified atom stereocenters. The van der Waals surface area contributed by atoms with Crippen LogP contribution in [0, 0.1) is 5.92 Å². The Morgan fingerprint density at radius 1 is 1.45 bits per heavy atom. The smallest absolute Gasteiger partial charge is 0.186 e. The Hall–Kier alpha value is -2.15. The molecular weight excluding hydrogens is 302 g/mol. The summed E-state index contributed by atoms with van der Waals surface area (Å²) in [6, 6.07) is 6.95. The molecule has 0 saturated heterocycles. The largest absolute Gasteiger partial charge is 0.546 e. The van der Waals surface area contributed by atoms with Gasteiger partial charge in [0.1, 0.15) is 12.4 Å². The molecule has 6 nitrogen and oxygen atoms in total. The van der Waals surface area contributed by atoms with Crippen molar-refractivity contribution in [2.75, 3.05) is 13.2 Å². The topological polar surface area (TPSA) is 85.8 Å². The standard InChI is InChI=1S/C15H21N3O3S/c1-11(2)7-8-16-15(22)18-17-9-12-5-3-4-6-13(12)21-10-14(19)20/h3-6,9,11H,7-8,10H2,1-2H3,(H,19,20)(H2,16,18,22)/p-1/b17-9-. The van der Waals surface area contributed by atoms with Crippen LogP contribution < -0.4 is 20.6 Å². The molecule has 1 rings (SSSR count). The van der Waals surface area contributed by atoms with E-state index in [0.717, 1.165) is 13.0 Å². The van der Waals surface area contributed by atoms with Crippen molar-refractivity contribution in [3.8, 4) is 5.75 Å². The predicted octanol–water partition coefficient (Wildman–Crippen LogP) is 0.659. The van der Waals surface area contributed by atoms with E-state index in [2.05, 4.69) is 29.7 Å². The lowest BCUT2D eigenvalue weighted by molar-refractivity contribution is -0.307. The Morgan fingerprint density at radius 3 is 2.86 bits per heavy atom. The highest BCUT2D eigenvalue weighted by atomic mass is 32.1. The van der Waals surface area contributed by atoms with Gasteiger partial charge in [-0.05, 0) is 36.7 Å². The zero-order chi connectivity index (χ0) is 16.4. The lowest BCUT2D eigenvalue weighted by atomic mass is 10.1. The summed E-state index contributed by atoms with van der Waals surface area (Å²) < 4.78 is 5.12. The van der Waals surface area contributed by atoms with Gasteiger partial charge in [0.25, 0.3) is 0 Å². The molecule has 7 heteroatoms. The van der Waals surface area contributed by atoms with Gasteiger partial charge in [-0.25, -0.2) is 0 Å². The number of carbonyl (C=O) groups is 1. The van der Waals surface area contributed by atoms with Crippen molar-refractivity contribution >= 4 is 29.5 Å². The number of thiocarbonyl (C=S) groups is 1. The van der Waals surface area contributed by atoms with Gasteiger partial charge in [-0.3, -0.25) is 5.43 Å². The van der Waals surface area contributed by atoms with E-state index in [0.29, 0.717) is 22.3 Å². The maximum absolute atomic E-state index is 10.4. The van der Waals surface area contributed by atoms with Crippen LogP contribution in [0.4, 0.5) is 0 Å². The first-order chi connectivity index (χ1) is 10.5. The minimum absolute atomic E-state index is 0.413. The number of hydrogen-bond acceptors (Lipinski definition) is 5. The van der Waals surface area contributed by atoms with E-state index in [1.807, 2.05) is 0 Å². The molecule has 0 aliphatic carbocycles. The van der Waals surface area contributed by atoms with E-state index >= 15 is 0 Å². The lowest BCUT2D eigenvalue weighted by Crippen LogP contribution is -2.33. The second kappa shape index (κ2) is 9.73. The molecule has 0 bridgehead atoms.